The van der Waals surface area contributed by atoms with Crippen molar-refractivity contribution in [1.29, 1.82) is 0 Å². The molecule has 0 N–H and O–H groups in total. The number of imide groups is 1. The number of hydrogen-bond donors (Lipinski definition) is 0. The standard InChI is InChI=1S/C28H21NO7/c1-15-8-13-22-21(14-15)23(30)25(24(35-22)17-9-11-18(34-3)12-10-17)36-28(33)16(2)29-26(31)19-6-4-5-7-20(19)27(29)32/h4-14,16H,1-3H3/t16-/m1/s1. The van der Waals surface area contributed by atoms with E-state index in [9.17, 15) is 19.2 Å². The summed E-state index contributed by atoms with van der Waals surface area (Å²) in [7, 11) is 1.53. The van der Waals surface area contributed by atoms with Gasteiger partial charge in [0, 0.05) is 5.56 Å². The summed E-state index contributed by atoms with van der Waals surface area (Å²) in [6, 6.07) is 16.9. The Morgan fingerprint density at radius 1 is 0.917 bits per heavy atom. The SMILES string of the molecule is COc1ccc(-c2oc3ccc(C)cc3c(=O)c2OC(=O)[C@@H](C)N2C(=O)c3ccccc3C2=O)cc1. The first-order valence-electron chi connectivity index (χ1n) is 11.2. The van der Waals surface area contributed by atoms with Crippen LogP contribution in [0.2, 0.25) is 0 Å². The summed E-state index contributed by atoms with van der Waals surface area (Å²) in [4.78, 5) is 53.2. The molecule has 2 amide bonds. The van der Waals surface area contributed by atoms with Crippen LogP contribution in [0.15, 0.2) is 75.9 Å². The third kappa shape index (κ3) is 3.73. The van der Waals surface area contributed by atoms with Gasteiger partial charge < -0.3 is 13.9 Å². The molecule has 8 heteroatoms. The van der Waals surface area contributed by atoms with Gasteiger partial charge in [-0.15, -0.1) is 0 Å². The zero-order chi connectivity index (χ0) is 25.6. The average molecular weight is 483 g/mol. The summed E-state index contributed by atoms with van der Waals surface area (Å²) < 4.78 is 16.8. The molecule has 4 aromatic rings. The maximum Gasteiger partial charge on any atom is 0.334 e. The minimum absolute atomic E-state index is 0.0434. The van der Waals surface area contributed by atoms with Gasteiger partial charge in [0.25, 0.3) is 11.8 Å². The van der Waals surface area contributed by atoms with Gasteiger partial charge in [0.1, 0.15) is 17.4 Å². The number of amides is 2. The van der Waals surface area contributed by atoms with Crippen LogP contribution >= 0.6 is 0 Å². The molecule has 1 aliphatic rings. The minimum Gasteiger partial charge on any atom is -0.497 e. The van der Waals surface area contributed by atoms with E-state index in [4.69, 9.17) is 13.9 Å². The fraction of sp³-hybridized carbons (Fsp3) is 0.143. The molecule has 2 heterocycles. The number of aryl methyl sites for hydroxylation is 1. The van der Waals surface area contributed by atoms with Crippen LogP contribution in [-0.2, 0) is 4.79 Å². The average Bonchev–Trinajstić information content (AvgIpc) is 3.15. The van der Waals surface area contributed by atoms with Crippen molar-refractivity contribution in [1.82, 2.24) is 4.90 Å². The summed E-state index contributed by atoms with van der Waals surface area (Å²) in [6.07, 6.45) is 0. The number of esters is 1. The first kappa shape index (κ1) is 23.0. The third-order valence-electron chi connectivity index (χ3n) is 6.11. The second-order valence-electron chi connectivity index (χ2n) is 8.44. The van der Waals surface area contributed by atoms with Crippen LogP contribution in [0.5, 0.6) is 11.5 Å². The number of rotatable bonds is 5. The molecule has 1 aromatic heterocycles. The Morgan fingerprint density at radius 2 is 1.56 bits per heavy atom. The van der Waals surface area contributed by atoms with Crippen LogP contribution in [0.25, 0.3) is 22.3 Å². The molecule has 0 radical (unpaired) electrons. The van der Waals surface area contributed by atoms with Crippen LogP contribution in [0.4, 0.5) is 0 Å². The molecule has 8 nitrogen and oxygen atoms in total. The molecule has 0 aliphatic carbocycles. The molecule has 1 atom stereocenters. The predicted molar refractivity (Wildman–Crippen MR) is 131 cm³/mol. The zero-order valence-corrected chi connectivity index (χ0v) is 19.7. The number of hydrogen-bond acceptors (Lipinski definition) is 7. The van der Waals surface area contributed by atoms with Crippen molar-refractivity contribution in [3.8, 4) is 22.8 Å². The number of fused-ring (bicyclic) bond motifs is 2. The molecule has 180 valence electrons. The van der Waals surface area contributed by atoms with E-state index < -0.39 is 29.3 Å². The largest absolute Gasteiger partial charge is 0.497 e. The predicted octanol–water partition coefficient (Wildman–Crippen LogP) is 4.37. The highest BCUT2D eigenvalue weighted by molar-refractivity contribution is 6.22. The molecule has 0 fully saturated rings. The second-order valence-corrected chi connectivity index (χ2v) is 8.44. The van der Waals surface area contributed by atoms with Gasteiger partial charge in [-0.2, -0.15) is 0 Å². The van der Waals surface area contributed by atoms with Crippen LogP contribution in [0.1, 0.15) is 33.2 Å². The minimum atomic E-state index is -1.28. The van der Waals surface area contributed by atoms with E-state index in [1.165, 1.54) is 26.2 Å². The van der Waals surface area contributed by atoms with E-state index in [0.29, 0.717) is 16.9 Å². The molecule has 5 rings (SSSR count). The van der Waals surface area contributed by atoms with E-state index in [-0.39, 0.29) is 28.0 Å². The van der Waals surface area contributed by atoms with Crippen molar-refractivity contribution in [2.75, 3.05) is 7.11 Å². The highest BCUT2D eigenvalue weighted by Crippen LogP contribution is 2.33. The number of ether oxygens (including phenoxy) is 2. The zero-order valence-electron chi connectivity index (χ0n) is 19.7. The van der Waals surface area contributed by atoms with E-state index in [2.05, 4.69) is 0 Å². The van der Waals surface area contributed by atoms with Gasteiger partial charge in [0.15, 0.2) is 5.76 Å². The number of carbonyl (C=O) groups excluding carboxylic acids is 3. The molecule has 0 unspecified atom stereocenters. The first-order chi connectivity index (χ1) is 17.3. The highest BCUT2D eigenvalue weighted by atomic mass is 16.5. The normalized spacial score (nSPS) is 13.6. The van der Waals surface area contributed by atoms with Crippen molar-refractivity contribution in [2.45, 2.75) is 19.9 Å². The Balaban J connectivity index is 1.56. The maximum atomic E-state index is 13.5. The molecule has 0 bridgehead atoms. The summed E-state index contributed by atoms with van der Waals surface area (Å²) >= 11 is 0. The van der Waals surface area contributed by atoms with Crippen LogP contribution < -0.4 is 14.9 Å². The first-order valence-corrected chi connectivity index (χ1v) is 11.2. The molecule has 36 heavy (non-hydrogen) atoms. The molecule has 3 aromatic carbocycles. The van der Waals surface area contributed by atoms with E-state index in [1.54, 1.807) is 54.6 Å². The molecule has 0 spiro atoms. The van der Waals surface area contributed by atoms with Crippen molar-refractivity contribution in [3.05, 3.63) is 93.6 Å². The Bertz CT molecular complexity index is 1570. The van der Waals surface area contributed by atoms with E-state index >= 15 is 0 Å². The topological polar surface area (TPSA) is 103 Å². The lowest BCUT2D eigenvalue weighted by Crippen LogP contribution is -2.45. The lowest BCUT2D eigenvalue weighted by Gasteiger charge is -2.21. The van der Waals surface area contributed by atoms with E-state index in [1.807, 2.05) is 6.92 Å². The lowest BCUT2D eigenvalue weighted by molar-refractivity contribution is -0.138. The van der Waals surface area contributed by atoms with Crippen LogP contribution in [-0.4, -0.2) is 35.8 Å². The van der Waals surface area contributed by atoms with Gasteiger partial charge in [-0.1, -0.05) is 23.8 Å². The fourth-order valence-electron chi connectivity index (χ4n) is 4.17. The second kappa shape index (κ2) is 8.81. The highest BCUT2D eigenvalue weighted by Gasteiger charge is 2.41. The van der Waals surface area contributed by atoms with Gasteiger partial charge in [-0.05, 0) is 62.4 Å². The number of carbonyl (C=O) groups is 3. The number of methoxy groups -OCH3 is 1. The molecular weight excluding hydrogens is 462 g/mol. The summed E-state index contributed by atoms with van der Waals surface area (Å²) in [5.74, 6) is -1.84. The summed E-state index contributed by atoms with van der Waals surface area (Å²) in [5.41, 5.74) is 1.50. The third-order valence-corrected chi connectivity index (χ3v) is 6.11. The van der Waals surface area contributed by atoms with Gasteiger partial charge in [0.05, 0.1) is 23.6 Å². The summed E-state index contributed by atoms with van der Waals surface area (Å²) in [5, 5.41) is 0.239. The van der Waals surface area contributed by atoms with Gasteiger partial charge in [-0.25, -0.2) is 4.79 Å². The van der Waals surface area contributed by atoms with Crippen LogP contribution in [0.3, 0.4) is 0 Å². The number of nitrogens with zero attached hydrogens (tertiary/aromatic N) is 1. The van der Waals surface area contributed by atoms with Crippen molar-refractivity contribution in [2.24, 2.45) is 0 Å². The van der Waals surface area contributed by atoms with Crippen molar-refractivity contribution >= 4 is 28.8 Å². The Morgan fingerprint density at radius 3 is 2.17 bits per heavy atom. The molecule has 0 saturated heterocycles. The Labute approximate surface area is 205 Å². The van der Waals surface area contributed by atoms with Gasteiger partial charge in [-0.3, -0.25) is 19.3 Å². The molecule has 0 saturated carbocycles. The smallest absolute Gasteiger partial charge is 0.334 e. The Kier molecular flexibility index (Phi) is 5.64. The van der Waals surface area contributed by atoms with Crippen LogP contribution in [0, 0.1) is 6.92 Å². The van der Waals surface area contributed by atoms with Crippen molar-refractivity contribution in [3.63, 3.8) is 0 Å². The lowest BCUT2D eigenvalue weighted by atomic mass is 10.1. The monoisotopic (exact) mass is 483 g/mol. The fourth-order valence-corrected chi connectivity index (χ4v) is 4.17. The maximum absolute atomic E-state index is 13.5. The van der Waals surface area contributed by atoms with Gasteiger partial charge in [0.2, 0.25) is 11.2 Å². The number of benzene rings is 3. The molecular formula is C28H21NO7. The quantitative estimate of drug-likeness (QED) is 0.307. The summed E-state index contributed by atoms with van der Waals surface area (Å²) in [6.45, 7) is 3.20. The molecule has 1 aliphatic heterocycles. The Hall–Kier alpha value is -4.72. The van der Waals surface area contributed by atoms with Gasteiger partial charge >= 0.3 is 5.97 Å². The van der Waals surface area contributed by atoms with Crippen molar-refractivity contribution < 1.29 is 28.3 Å². The van der Waals surface area contributed by atoms with E-state index in [0.717, 1.165) is 10.5 Å².